The maximum Gasteiger partial charge on any atom is 0.265 e. The van der Waals surface area contributed by atoms with E-state index in [0.29, 0.717) is 30.4 Å². The zero-order valence-corrected chi connectivity index (χ0v) is 12.0. The summed E-state index contributed by atoms with van der Waals surface area (Å²) in [4.78, 5) is 16.1. The first-order valence-electron chi connectivity index (χ1n) is 6.91. The monoisotopic (exact) mass is 304 g/mol. The Labute approximate surface area is 126 Å². The highest BCUT2D eigenvalue weighted by Crippen LogP contribution is 2.33. The van der Waals surface area contributed by atoms with Crippen LogP contribution in [-0.4, -0.2) is 34.8 Å². The van der Waals surface area contributed by atoms with Crippen molar-refractivity contribution in [2.45, 2.75) is 25.6 Å². The summed E-state index contributed by atoms with van der Waals surface area (Å²) in [5.74, 6) is 1.40. The number of rotatable bonds is 4. The first-order valence-corrected chi connectivity index (χ1v) is 6.91. The molecule has 0 unspecified atom stereocenters. The molecule has 8 heteroatoms. The molecule has 116 valence electrons. The van der Waals surface area contributed by atoms with Crippen molar-refractivity contribution < 1.29 is 18.8 Å². The molecule has 1 aromatic heterocycles. The van der Waals surface area contributed by atoms with Crippen molar-refractivity contribution in [3.8, 4) is 11.5 Å². The van der Waals surface area contributed by atoms with Gasteiger partial charge in [0.15, 0.2) is 11.5 Å². The number of nitrogens with zero attached hydrogens (tertiary/aromatic N) is 2. The average Bonchev–Trinajstić information content (AvgIpc) is 2.92. The fourth-order valence-corrected chi connectivity index (χ4v) is 2.17. The number of anilines is 1. The minimum Gasteiger partial charge on any atom is -0.482 e. The Morgan fingerprint density at radius 2 is 2.05 bits per heavy atom. The Balaban J connectivity index is 1.56. The molecule has 0 bridgehead atoms. The van der Waals surface area contributed by atoms with Gasteiger partial charge in [-0.05, 0) is 24.2 Å². The third-order valence-electron chi connectivity index (χ3n) is 3.22. The molecule has 1 amide bonds. The molecule has 3 rings (SSSR count). The normalized spacial score (nSPS) is 19.7. The topological polar surface area (TPSA) is 112 Å². The van der Waals surface area contributed by atoms with E-state index in [1.54, 1.807) is 19.1 Å². The van der Waals surface area contributed by atoms with Gasteiger partial charge in [0.1, 0.15) is 6.10 Å². The number of ether oxygens (including phenoxy) is 2. The van der Waals surface area contributed by atoms with Crippen molar-refractivity contribution in [2.75, 3.05) is 12.3 Å². The Morgan fingerprint density at radius 1 is 1.32 bits per heavy atom. The molecule has 0 saturated heterocycles. The van der Waals surface area contributed by atoms with Crippen molar-refractivity contribution in [2.24, 2.45) is 0 Å². The molecule has 1 aromatic carbocycles. The highest BCUT2D eigenvalue weighted by atomic mass is 16.6. The van der Waals surface area contributed by atoms with Crippen molar-refractivity contribution in [1.82, 2.24) is 15.5 Å². The third kappa shape index (κ3) is 2.95. The van der Waals surface area contributed by atoms with Crippen LogP contribution in [0.2, 0.25) is 0 Å². The van der Waals surface area contributed by atoms with Gasteiger partial charge in [-0.1, -0.05) is 12.1 Å². The second kappa shape index (κ2) is 5.92. The number of fused-ring (bicyclic) bond motifs is 1. The standard InChI is InChI=1S/C14H16N4O4/c1-8-12(21-10-5-3-2-4-9(10)20-8)13(19)16-7-6-11-17-14(15)18-22-11/h2-5,8,12H,6-7H2,1H3,(H2,15,18)(H,16,19)/t8-,12+/m1/s1. The number of nitrogens with one attached hydrogen (secondary N) is 1. The van der Waals surface area contributed by atoms with Gasteiger partial charge in [-0.25, -0.2) is 0 Å². The fraction of sp³-hybridized carbons (Fsp3) is 0.357. The lowest BCUT2D eigenvalue weighted by Crippen LogP contribution is -2.49. The number of carbonyl (C=O) groups is 1. The van der Waals surface area contributed by atoms with Crippen LogP contribution >= 0.6 is 0 Å². The molecule has 0 saturated carbocycles. The second-order valence-electron chi connectivity index (χ2n) is 4.90. The molecular weight excluding hydrogens is 288 g/mol. The highest BCUT2D eigenvalue weighted by Gasteiger charge is 2.33. The molecule has 8 nitrogen and oxygen atoms in total. The van der Waals surface area contributed by atoms with Gasteiger partial charge < -0.3 is 25.0 Å². The van der Waals surface area contributed by atoms with Crippen LogP contribution in [0.4, 0.5) is 5.95 Å². The van der Waals surface area contributed by atoms with E-state index in [-0.39, 0.29) is 18.0 Å². The number of carbonyl (C=O) groups excluding carboxylic acids is 1. The summed E-state index contributed by atoms with van der Waals surface area (Å²) in [6.45, 7) is 2.13. The zero-order chi connectivity index (χ0) is 15.5. The maximum atomic E-state index is 12.2. The lowest BCUT2D eigenvalue weighted by molar-refractivity contribution is -0.133. The predicted molar refractivity (Wildman–Crippen MR) is 76.4 cm³/mol. The number of para-hydroxylation sites is 2. The third-order valence-corrected chi connectivity index (χ3v) is 3.22. The molecule has 3 N–H and O–H groups in total. The van der Waals surface area contributed by atoms with Crippen LogP contribution in [0.15, 0.2) is 28.8 Å². The fourth-order valence-electron chi connectivity index (χ4n) is 2.17. The van der Waals surface area contributed by atoms with Gasteiger partial charge in [-0.3, -0.25) is 4.79 Å². The van der Waals surface area contributed by atoms with Crippen LogP contribution in [0.25, 0.3) is 0 Å². The summed E-state index contributed by atoms with van der Waals surface area (Å²) in [5.41, 5.74) is 5.35. The van der Waals surface area contributed by atoms with Gasteiger partial charge >= 0.3 is 0 Å². The number of aromatic nitrogens is 2. The molecule has 0 fully saturated rings. The van der Waals surface area contributed by atoms with E-state index in [4.69, 9.17) is 19.7 Å². The minimum absolute atomic E-state index is 0.0792. The second-order valence-corrected chi connectivity index (χ2v) is 4.90. The average molecular weight is 304 g/mol. The van der Waals surface area contributed by atoms with Crippen molar-refractivity contribution >= 4 is 11.9 Å². The number of amides is 1. The summed E-state index contributed by atoms with van der Waals surface area (Å²) in [7, 11) is 0. The summed E-state index contributed by atoms with van der Waals surface area (Å²) >= 11 is 0. The molecule has 1 aliphatic rings. The zero-order valence-electron chi connectivity index (χ0n) is 12.0. The van der Waals surface area contributed by atoms with Crippen LogP contribution in [-0.2, 0) is 11.2 Å². The van der Waals surface area contributed by atoms with Crippen LogP contribution in [0, 0.1) is 0 Å². The summed E-state index contributed by atoms with van der Waals surface area (Å²) in [6.07, 6.45) is -0.689. The van der Waals surface area contributed by atoms with Gasteiger partial charge in [-0.15, -0.1) is 0 Å². The number of hydrogen-bond acceptors (Lipinski definition) is 7. The molecule has 2 aromatic rings. The number of hydrogen-bond donors (Lipinski definition) is 2. The first-order chi connectivity index (χ1) is 10.6. The van der Waals surface area contributed by atoms with Gasteiger partial charge in [0.2, 0.25) is 12.0 Å². The van der Waals surface area contributed by atoms with Gasteiger partial charge in [0, 0.05) is 13.0 Å². The largest absolute Gasteiger partial charge is 0.482 e. The van der Waals surface area contributed by atoms with Gasteiger partial charge in [0.05, 0.1) is 0 Å². The number of nitrogen functional groups attached to an aromatic ring is 1. The predicted octanol–water partition coefficient (Wildman–Crippen LogP) is 0.539. The van der Waals surface area contributed by atoms with E-state index in [1.165, 1.54) is 0 Å². The van der Waals surface area contributed by atoms with E-state index in [9.17, 15) is 4.79 Å². The molecule has 0 aliphatic carbocycles. The smallest absolute Gasteiger partial charge is 0.265 e. The molecule has 2 heterocycles. The van der Waals surface area contributed by atoms with E-state index in [0.717, 1.165) is 0 Å². The molecule has 0 spiro atoms. The van der Waals surface area contributed by atoms with Gasteiger partial charge in [0.25, 0.3) is 11.9 Å². The van der Waals surface area contributed by atoms with Crippen LogP contribution in [0.5, 0.6) is 11.5 Å². The van der Waals surface area contributed by atoms with Crippen LogP contribution in [0.1, 0.15) is 12.8 Å². The van der Waals surface area contributed by atoms with Gasteiger partial charge in [-0.2, -0.15) is 4.98 Å². The minimum atomic E-state index is -0.706. The van der Waals surface area contributed by atoms with E-state index in [2.05, 4.69) is 15.5 Å². The highest BCUT2D eigenvalue weighted by molar-refractivity contribution is 5.82. The Morgan fingerprint density at radius 3 is 2.73 bits per heavy atom. The maximum absolute atomic E-state index is 12.2. The van der Waals surface area contributed by atoms with Crippen LogP contribution in [0.3, 0.4) is 0 Å². The van der Waals surface area contributed by atoms with Crippen molar-refractivity contribution in [3.63, 3.8) is 0 Å². The summed E-state index contributed by atoms with van der Waals surface area (Å²) in [5, 5.41) is 6.23. The molecule has 22 heavy (non-hydrogen) atoms. The molecule has 2 atom stereocenters. The van der Waals surface area contributed by atoms with Crippen molar-refractivity contribution in [1.29, 1.82) is 0 Å². The number of benzene rings is 1. The van der Waals surface area contributed by atoms with Crippen molar-refractivity contribution in [3.05, 3.63) is 30.2 Å². The Kier molecular flexibility index (Phi) is 3.82. The van der Waals surface area contributed by atoms with Crippen LogP contribution < -0.4 is 20.5 Å². The lowest BCUT2D eigenvalue weighted by atomic mass is 10.1. The number of nitrogens with two attached hydrogens (primary N) is 1. The Hall–Kier alpha value is -2.77. The first kappa shape index (κ1) is 14.2. The quantitative estimate of drug-likeness (QED) is 0.847. The molecule has 0 radical (unpaired) electrons. The van der Waals surface area contributed by atoms with E-state index >= 15 is 0 Å². The molecular formula is C14H16N4O4. The van der Waals surface area contributed by atoms with E-state index in [1.807, 2.05) is 12.1 Å². The summed E-state index contributed by atoms with van der Waals surface area (Å²) < 4.78 is 16.3. The van der Waals surface area contributed by atoms with E-state index < -0.39 is 6.10 Å². The summed E-state index contributed by atoms with van der Waals surface area (Å²) in [6, 6.07) is 7.25. The molecule has 1 aliphatic heterocycles. The SMILES string of the molecule is C[C@H]1Oc2ccccc2O[C@@H]1C(=O)NCCc1nc(N)no1. The lowest BCUT2D eigenvalue weighted by Gasteiger charge is -2.30. The Bertz CT molecular complexity index is 672.